The van der Waals surface area contributed by atoms with E-state index >= 15 is 0 Å². The zero-order chi connectivity index (χ0) is 19.9. The topological polar surface area (TPSA) is 0 Å². The third kappa shape index (κ3) is 4.88. The second kappa shape index (κ2) is 9.84. The molecule has 0 N–H and O–H groups in total. The number of hydrogen-bond acceptors (Lipinski definition) is 0. The molecule has 0 saturated heterocycles. The third-order valence-electron chi connectivity index (χ3n) is 5.12. The van der Waals surface area contributed by atoms with E-state index in [0.717, 1.165) is 6.16 Å². The Labute approximate surface area is 183 Å². The fraction of sp³-hybridized carbons (Fsp3) is 0.0769. The van der Waals surface area contributed by atoms with E-state index in [2.05, 4.69) is 136 Å². The van der Waals surface area contributed by atoms with Gasteiger partial charge in [0, 0.05) is 0 Å². The molecule has 0 aliphatic heterocycles. The van der Waals surface area contributed by atoms with Crippen LogP contribution in [0, 0.1) is 0 Å². The summed E-state index contributed by atoms with van der Waals surface area (Å²) in [7, 11) is -0.388. The van der Waals surface area contributed by atoms with E-state index in [1.165, 1.54) is 27.4 Å². The Bertz CT molecular complexity index is 982. The summed E-state index contributed by atoms with van der Waals surface area (Å²) in [6.07, 6.45) is 2.34. The summed E-state index contributed by atoms with van der Waals surface area (Å²) < 4.78 is 0. The van der Waals surface area contributed by atoms with Crippen molar-refractivity contribution < 1.29 is 0 Å². The van der Waals surface area contributed by atoms with Crippen LogP contribution in [0.15, 0.2) is 121 Å². The van der Waals surface area contributed by atoms with Gasteiger partial charge in [-0.1, -0.05) is 0 Å². The van der Waals surface area contributed by atoms with Crippen molar-refractivity contribution in [2.45, 2.75) is 0 Å². The van der Waals surface area contributed by atoms with Gasteiger partial charge in [-0.25, -0.2) is 0 Å². The minimum absolute atomic E-state index is 0.388. The van der Waals surface area contributed by atoms with Crippen LogP contribution in [0.25, 0.3) is 0 Å². The first-order valence-corrected chi connectivity index (χ1v) is 15.6. The Hall–Kier alpha value is -1.74. The third-order valence-corrected chi connectivity index (χ3v) is 14.9. The summed E-state index contributed by atoms with van der Waals surface area (Å²) >= 11 is 3.70. The molecule has 0 saturated carbocycles. The number of hydrogen-bond donors (Lipinski definition) is 0. The van der Waals surface area contributed by atoms with E-state index in [0.29, 0.717) is 0 Å². The molecule has 4 rings (SSSR count). The molecule has 0 heterocycles. The van der Waals surface area contributed by atoms with Crippen molar-refractivity contribution in [3.05, 3.63) is 121 Å². The standard InChI is InChI=1S/C26H24P2Se/c29-28(25-17-9-3-10-18-25,26-19-11-4-12-20-26)22-21-27(23-13-5-1-6-14-23)24-15-7-2-8-16-24/h1-20H,21-22H2. The summed E-state index contributed by atoms with van der Waals surface area (Å²) in [5.74, 6) is 0. The summed E-state index contributed by atoms with van der Waals surface area (Å²) in [5, 5.41) is 5.81. The van der Waals surface area contributed by atoms with Crippen LogP contribution in [0.5, 0.6) is 0 Å². The molecule has 0 amide bonds. The molecule has 4 aromatic rings. The Morgan fingerprint density at radius 2 is 0.862 bits per heavy atom. The molecular formula is C26H24P2Se. The van der Waals surface area contributed by atoms with Gasteiger partial charge in [-0.3, -0.25) is 0 Å². The maximum absolute atomic E-state index is 3.70. The molecule has 0 spiro atoms. The predicted octanol–water partition coefficient (Wildman–Crippen LogP) is 4.87. The quantitative estimate of drug-likeness (QED) is 0.263. The van der Waals surface area contributed by atoms with E-state index in [1.807, 2.05) is 0 Å². The van der Waals surface area contributed by atoms with E-state index in [9.17, 15) is 0 Å². The summed E-state index contributed by atoms with van der Waals surface area (Å²) in [6, 6.07) is 44.2. The zero-order valence-corrected chi connectivity index (χ0v) is 19.8. The molecule has 144 valence electrons. The van der Waals surface area contributed by atoms with Crippen LogP contribution in [-0.4, -0.2) is 27.4 Å². The van der Waals surface area contributed by atoms with Crippen molar-refractivity contribution in [1.29, 1.82) is 0 Å². The maximum atomic E-state index is 3.70. The van der Waals surface area contributed by atoms with Crippen LogP contribution in [0.1, 0.15) is 0 Å². The summed E-state index contributed by atoms with van der Waals surface area (Å²) in [6.45, 7) is 0. The van der Waals surface area contributed by atoms with Crippen molar-refractivity contribution >= 4 is 49.7 Å². The molecule has 4 aromatic carbocycles. The predicted molar refractivity (Wildman–Crippen MR) is 134 cm³/mol. The van der Waals surface area contributed by atoms with Crippen molar-refractivity contribution in [2.75, 3.05) is 12.3 Å². The average molecular weight is 477 g/mol. The molecule has 3 heteroatoms. The van der Waals surface area contributed by atoms with E-state index in [-0.39, 0.29) is 7.92 Å². The molecule has 0 aliphatic rings. The summed E-state index contributed by atoms with van der Waals surface area (Å²) in [5.41, 5.74) is -1.58. The molecule has 0 bridgehead atoms. The van der Waals surface area contributed by atoms with Gasteiger partial charge < -0.3 is 0 Å². The van der Waals surface area contributed by atoms with Crippen LogP contribution < -0.4 is 21.2 Å². The van der Waals surface area contributed by atoms with E-state index in [1.54, 1.807) is 0 Å². The second-order valence-electron chi connectivity index (χ2n) is 6.96. The summed E-state index contributed by atoms with van der Waals surface area (Å²) in [4.78, 5) is 0. The molecule has 0 nitrogen and oxygen atoms in total. The van der Waals surface area contributed by atoms with Gasteiger partial charge in [-0.05, 0) is 0 Å². The molecule has 0 aromatic heterocycles. The van der Waals surface area contributed by atoms with E-state index < -0.39 is 5.51 Å². The molecule has 29 heavy (non-hydrogen) atoms. The SMILES string of the molecule is [Se]=P(CCP(c1ccccc1)c1ccccc1)(c1ccccc1)c1ccccc1. The van der Waals surface area contributed by atoms with Crippen LogP contribution in [0.3, 0.4) is 0 Å². The van der Waals surface area contributed by atoms with Gasteiger partial charge in [0.25, 0.3) is 0 Å². The van der Waals surface area contributed by atoms with Gasteiger partial charge in [0.1, 0.15) is 0 Å². The van der Waals surface area contributed by atoms with Gasteiger partial charge in [-0.2, -0.15) is 0 Å². The Morgan fingerprint density at radius 3 is 1.24 bits per heavy atom. The zero-order valence-electron chi connectivity index (χ0n) is 16.3. The first kappa shape index (κ1) is 20.5. The van der Waals surface area contributed by atoms with Gasteiger partial charge in [0.05, 0.1) is 0 Å². The fourth-order valence-electron chi connectivity index (χ4n) is 3.61. The average Bonchev–Trinajstić information content (AvgIpc) is 2.81. The van der Waals surface area contributed by atoms with Gasteiger partial charge in [0.2, 0.25) is 0 Å². The Balaban J connectivity index is 1.71. The van der Waals surface area contributed by atoms with Crippen LogP contribution in [0.2, 0.25) is 0 Å². The molecule has 0 unspecified atom stereocenters. The van der Waals surface area contributed by atoms with Crippen molar-refractivity contribution in [3.8, 4) is 0 Å². The molecule has 0 fully saturated rings. The fourth-order valence-corrected chi connectivity index (χ4v) is 12.6. The van der Waals surface area contributed by atoms with Gasteiger partial charge in [0.15, 0.2) is 0 Å². The van der Waals surface area contributed by atoms with Gasteiger partial charge in [-0.15, -0.1) is 0 Å². The molecule has 0 radical (unpaired) electrons. The number of rotatable bonds is 7. The Kier molecular flexibility index (Phi) is 6.97. The minimum atomic E-state index is -1.58. The number of benzene rings is 4. The van der Waals surface area contributed by atoms with Gasteiger partial charge >= 0.3 is 183 Å². The Morgan fingerprint density at radius 1 is 0.517 bits per heavy atom. The molecular weight excluding hydrogens is 453 g/mol. The monoisotopic (exact) mass is 478 g/mol. The van der Waals surface area contributed by atoms with Crippen LogP contribution in [0.4, 0.5) is 0 Å². The first-order chi connectivity index (χ1) is 14.3. The second-order valence-corrected chi connectivity index (χ2v) is 16.2. The van der Waals surface area contributed by atoms with Crippen LogP contribution in [-0.2, 0) is 0 Å². The molecule has 0 atom stereocenters. The van der Waals surface area contributed by atoms with Crippen LogP contribution >= 0.6 is 13.4 Å². The van der Waals surface area contributed by atoms with E-state index in [4.69, 9.17) is 0 Å². The first-order valence-electron chi connectivity index (χ1n) is 9.85. The van der Waals surface area contributed by atoms with Crippen molar-refractivity contribution in [2.24, 2.45) is 0 Å². The normalized spacial score (nSPS) is 11.5. The molecule has 0 aliphatic carbocycles. The van der Waals surface area contributed by atoms with Crippen molar-refractivity contribution in [3.63, 3.8) is 0 Å². The van der Waals surface area contributed by atoms with Crippen molar-refractivity contribution in [1.82, 2.24) is 0 Å².